The van der Waals surface area contributed by atoms with Crippen molar-refractivity contribution >= 4 is 17.8 Å². The van der Waals surface area contributed by atoms with Crippen molar-refractivity contribution in [2.45, 2.75) is 91.2 Å². The van der Waals surface area contributed by atoms with Crippen LogP contribution in [0.15, 0.2) is 24.3 Å². The Morgan fingerprint density at radius 2 is 1.81 bits per heavy atom. The first-order chi connectivity index (χ1) is 17.4. The Bertz CT molecular complexity index is 894. The summed E-state index contributed by atoms with van der Waals surface area (Å²) in [5.41, 5.74) is 0.520. The third kappa shape index (κ3) is 8.71. The van der Waals surface area contributed by atoms with Crippen LogP contribution in [0, 0.1) is 11.3 Å². The molecule has 208 valence electrons. The van der Waals surface area contributed by atoms with Crippen molar-refractivity contribution in [1.29, 1.82) is 0 Å². The number of methoxy groups -OCH3 is 2. The maximum atomic E-state index is 13.4. The van der Waals surface area contributed by atoms with Crippen LogP contribution < -0.4 is 4.74 Å². The second-order valence-corrected chi connectivity index (χ2v) is 10.8. The molecule has 1 heterocycles. The normalized spacial score (nSPS) is 23.7. The number of carbonyl (C=O) groups excluding carboxylic acids is 2. The third-order valence-corrected chi connectivity index (χ3v) is 6.75. The number of amides is 1. The Labute approximate surface area is 220 Å². The van der Waals surface area contributed by atoms with Crippen molar-refractivity contribution in [3.05, 3.63) is 29.8 Å². The van der Waals surface area contributed by atoms with E-state index in [4.69, 9.17) is 18.9 Å². The summed E-state index contributed by atoms with van der Waals surface area (Å²) in [6.45, 7) is 9.10. The van der Waals surface area contributed by atoms with Crippen LogP contribution in [0.2, 0.25) is 0 Å². The molecule has 1 fully saturated rings. The number of Topliss-reactive ketones (excluding diaryl/α,β-unsaturated/α-hetero) is 1. The summed E-state index contributed by atoms with van der Waals surface area (Å²) < 4.78 is 22.9. The molecule has 0 bridgehead atoms. The minimum Gasteiger partial charge on any atom is -0.497 e. The average molecular weight is 522 g/mol. The molecule has 1 aromatic rings. The van der Waals surface area contributed by atoms with Gasteiger partial charge in [-0.3, -0.25) is 9.69 Å². The topological polar surface area (TPSA) is 112 Å². The van der Waals surface area contributed by atoms with Crippen LogP contribution in [-0.4, -0.2) is 73.2 Å². The number of carbonyl (C=O) groups is 3. The molecule has 37 heavy (non-hydrogen) atoms. The highest BCUT2D eigenvalue weighted by Crippen LogP contribution is 2.32. The first-order valence-electron chi connectivity index (χ1n) is 12.9. The molecule has 5 atom stereocenters. The van der Waals surface area contributed by atoms with Crippen molar-refractivity contribution in [1.82, 2.24) is 4.90 Å². The number of hydrogen-bond donors (Lipinski definition) is 1. The Kier molecular flexibility index (Phi) is 11.4. The molecule has 1 aliphatic heterocycles. The van der Waals surface area contributed by atoms with Gasteiger partial charge >= 0.3 is 12.1 Å². The Morgan fingerprint density at radius 3 is 2.32 bits per heavy atom. The monoisotopic (exact) mass is 521 g/mol. The number of ketones is 1. The lowest BCUT2D eigenvalue weighted by atomic mass is 9.86. The molecule has 0 saturated carbocycles. The predicted octanol–water partition coefficient (Wildman–Crippen LogP) is 4.70. The summed E-state index contributed by atoms with van der Waals surface area (Å²) in [7, 11) is 3.06. The number of hydrogen-bond acceptors (Lipinski definition) is 7. The summed E-state index contributed by atoms with van der Waals surface area (Å²) in [6, 6.07) is 6.78. The number of esters is 1. The molecule has 9 heteroatoms. The Hall–Kier alpha value is -2.65. The molecule has 1 saturated heterocycles. The van der Waals surface area contributed by atoms with Crippen molar-refractivity contribution in [2.75, 3.05) is 20.8 Å². The van der Waals surface area contributed by atoms with Gasteiger partial charge in [0.05, 0.1) is 19.8 Å². The third-order valence-electron chi connectivity index (χ3n) is 6.75. The van der Waals surface area contributed by atoms with Crippen molar-refractivity contribution in [3.8, 4) is 5.75 Å². The van der Waals surface area contributed by atoms with Crippen LogP contribution >= 0.6 is 0 Å². The highest BCUT2D eigenvalue weighted by molar-refractivity contribution is 5.81. The van der Waals surface area contributed by atoms with E-state index in [1.54, 1.807) is 14.0 Å². The lowest BCUT2D eigenvalue weighted by Gasteiger charge is -2.40. The molecule has 1 unspecified atom stereocenters. The molecule has 0 radical (unpaired) electrons. The predicted molar refractivity (Wildman–Crippen MR) is 139 cm³/mol. The molecule has 1 amide bonds. The molecule has 1 aromatic carbocycles. The Morgan fingerprint density at radius 1 is 1.16 bits per heavy atom. The number of cyclic esters (lactones) is 1. The van der Waals surface area contributed by atoms with Gasteiger partial charge in [0.2, 0.25) is 0 Å². The smallest absolute Gasteiger partial charge is 0.410 e. The van der Waals surface area contributed by atoms with E-state index < -0.39 is 42.0 Å². The number of rotatable bonds is 10. The van der Waals surface area contributed by atoms with Crippen molar-refractivity contribution < 1.29 is 38.4 Å². The maximum absolute atomic E-state index is 13.4. The quantitative estimate of drug-likeness (QED) is 0.348. The SMILES string of the molecule is COc1ccc(C[C@H]2CCC[C@H](N(C(=O)O)C(OC)C(C)(C)C)C(=O)O[C@@H](C)[C@@H]2OCCC(C)=O)cc1. The molecular formula is C28H43NO8. The van der Waals surface area contributed by atoms with Gasteiger partial charge in [0.15, 0.2) is 0 Å². The summed E-state index contributed by atoms with van der Waals surface area (Å²) in [6.07, 6.45) is -0.657. The summed E-state index contributed by atoms with van der Waals surface area (Å²) in [5, 5.41) is 10.1. The van der Waals surface area contributed by atoms with Crippen LogP contribution in [0.4, 0.5) is 4.79 Å². The summed E-state index contributed by atoms with van der Waals surface area (Å²) in [4.78, 5) is 38.4. The Balaban J connectivity index is 2.36. The fraction of sp³-hybridized carbons (Fsp3) is 0.679. The number of benzene rings is 1. The van der Waals surface area contributed by atoms with E-state index in [9.17, 15) is 19.5 Å². The van der Waals surface area contributed by atoms with Crippen LogP contribution in [0.25, 0.3) is 0 Å². The van der Waals surface area contributed by atoms with Gasteiger partial charge in [-0.25, -0.2) is 9.59 Å². The largest absolute Gasteiger partial charge is 0.497 e. The minimum absolute atomic E-state index is 0.0129. The second-order valence-electron chi connectivity index (χ2n) is 10.8. The van der Waals surface area contributed by atoms with Gasteiger partial charge in [-0.1, -0.05) is 39.3 Å². The second kappa shape index (κ2) is 13.8. The molecular weight excluding hydrogens is 478 g/mol. The van der Waals surface area contributed by atoms with Gasteiger partial charge in [0, 0.05) is 18.9 Å². The molecule has 0 aromatic heterocycles. The number of ether oxygens (including phenoxy) is 4. The zero-order valence-electron chi connectivity index (χ0n) is 23.2. The van der Waals surface area contributed by atoms with E-state index in [0.29, 0.717) is 25.7 Å². The number of nitrogens with zero attached hydrogens (tertiary/aromatic N) is 1. The molecule has 1 N–H and O–H groups in total. The van der Waals surface area contributed by atoms with E-state index >= 15 is 0 Å². The fourth-order valence-corrected chi connectivity index (χ4v) is 4.99. The van der Waals surface area contributed by atoms with E-state index in [-0.39, 0.29) is 24.7 Å². The van der Waals surface area contributed by atoms with E-state index in [2.05, 4.69) is 0 Å². The summed E-state index contributed by atoms with van der Waals surface area (Å²) >= 11 is 0. The van der Waals surface area contributed by atoms with Gasteiger partial charge < -0.3 is 24.1 Å². The van der Waals surface area contributed by atoms with E-state index in [1.165, 1.54) is 14.0 Å². The first-order valence-corrected chi connectivity index (χ1v) is 12.9. The first kappa shape index (κ1) is 30.6. The molecule has 0 spiro atoms. The van der Waals surface area contributed by atoms with Crippen molar-refractivity contribution in [2.24, 2.45) is 11.3 Å². The lowest BCUT2D eigenvalue weighted by Crippen LogP contribution is -2.56. The zero-order chi connectivity index (χ0) is 27.8. The lowest BCUT2D eigenvalue weighted by molar-refractivity contribution is -0.172. The van der Waals surface area contributed by atoms with Gasteiger partial charge in [0.1, 0.15) is 29.9 Å². The number of carboxylic acid groups (broad SMARTS) is 1. The average Bonchev–Trinajstić information content (AvgIpc) is 2.86. The van der Waals surface area contributed by atoms with Crippen molar-refractivity contribution in [3.63, 3.8) is 0 Å². The zero-order valence-corrected chi connectivity index (χ0v) is 23.2. The van der Waals surface area contributed by atoms with Crippen LogP contribution in [-0.2, 0) is 30.2 Å². The van der Waals surface area contributed by atoms with E-state index in [1.807, 2.05) is 45.0 Å². The van der Waals surface area contributed by atoms with Gasteiger partial charge in [-0.15, -0.1) is 0 Å². The maximum Gasteiger partial charge on any atom is 0.410 e. The molecule has 9 nitrogen and oxygen atoms in total. The van der Waals surface area contributed by atoms with Crippen LogP contribution in [0.1, 0.15) is 65.9 Å². The highest BCUT2D eigenvalue weighted by atomic mass is 16.6. The molecule has 0 aliphatic carbocycles. The highest BCUT2D eigenvalue weighted by Gasteiger charge is 2.43. The minimum atomic E-state index is -1.24. The fourth-order valence-electron chi connectivity index (χ4n) is 4.99. The summed E-state index contributed by atoms with van der Waals surface area (Å²) in [5.74, 6) is 0.148. The van der Waals surface area contributed by atoms with Crippen LogP contribution in [0.5, 0.6) is 5.75 Å². The van der Waals surface area contributed by atoms with Gasteiger partial charge in [-0.2, -0.15) is 0 Å². The standard InChI is InChI=1S/C28H43NO8/c1-18(30)15-16-36-24-19(2)37-25(31)23(29(27(32)33)26(35-7)28(3,4)5)10-8-9-21(24)17-20-11-13-22(34-6)14-12-20/h11-14,19,21,23-24,26H,8-10,15-17H2,1-7H3,(H,32,33)/t19-,21+,23-,24-,26?/m0/s1. The molecule has 1 aliphatic rings. The van der Waals surface area contributed by atoms with Crippen LogP contribution in [0.3, 0.4) is 0 Å². The van der Waals surface area contributed by atoms with Gasteiger partial charge in [-0.05, 0) is 56.7 Å². The van der Waals surface area contributed by atoms with Gasteiger partial charge in [0.25, 0.3) is 0 Å². The molecule has 2 rings (SSSR count). The van der Waals surface area contributed by atoms with E-state index in [0.717, 1.165) is 16.2 Å².